The third-order valence-electron chi connectivity index (χ3n) is 7.70. The maximum atomic E-state index is 15.2. The number of methoxy groups -OCH3 is 1. The van der Waals surface area contributed by atoms with Crippen LogP contribution in [0, 0.1) is 6.92 Å². The number of aromatic nitrogens is 4. The van der Waals surface area contributed by atoms with Gasteiger partial charge in [0.2, 0.25) is 0 Å². The van der Waals surface area contributed by atoms with Crippen LogP contribution in [0.25, 0.3) is 16.7 Å². The van der Waals surface area contributed by atoms with Crippen molar-refractivity contribution in [3.05, 3.63) is 35.5 Å². The zero-order valence-corrected chi connectivity index (χ0v) is 19.9. The number of fused-ring (bicyclic) bond motifs is 3. The van der Waals surface area contributed by atoms with Gasteiger partial charge in [0.25, 0.3) is 0 Å². The van der Waals surface area contributed by atoms with E-state index in [1.165, 1.54) is 0 Å². The van der Waals surface area contributed by atoms with Crippen LogP contribution in [0.1, 0.15) is 36.8 Å². The van der Waals surface area contributed by atoms with E-state index in [0.29, 0.717) is 24.4 Å². The molecule has 3 aliphatic rings. The number of aryl methyl sites for hydroxylation is 1. The van der Waals surface area contributed by atoms with Gasteiger partial charge < -0.3 is 19.3 Å². The van der Waals surface area contributed by atoms with Crippen molar-refractivity contribution in [3.8, 4) is 11.8 Å². The van der Waals surface area contributed by atoms with Crippen LogP contribution in [-0.4, -0.2) is 82.9 Å². The average Bonchev–Trinajstić information content (AvgIpc) is 3.59. The minimum absolute atomic E-state index is 0.105. The first-order chi connectivity index (χ1) is 16.5. The van der Waals surface area contributed by atoms with E-state index in [0.717, 1.165) is 66.9 Å². The fourth-order valence-corrected chi connectivity index (χ4v) is 5.82. The van der Waals surface area contributed by atoms with E-state index in [4.69, 9.17) is 9.47 Å². The number of likely N-dealkylation sites (tertiary alicyclic amines) is 1. The van der Waals surface area contributed by atoms with Crippen molar-refractivity contribution in [1.29, 1.82) is 0 Å². The van der Waals surface area contributed by atoms with E-state index in [2.05, 4.69) is 50.8 Å². The fourth-order valence-electron chi connectivity index (χ4n) is 5.82. The predicted molar refractivity (Wildman–Crippen MR) is 128 cm³/mol. The molecule has 0 radical (unpaired) electrons. The molecule has 2 unspecified atom stereocenters. The van der Waals surface area contributed by atoms with Gasteiger partial charge in [-0.3, -0.25) is 0 Å². The van der Waals surface area contributed by atoms with Gasteiger partial charge >= 0.3 is 6.01 Å². The second kappa shape index (κ2) is 8.46. The monoisotopic (exact) mass is 466 g/mol. The van der Waals surface area contributed by atoms with Gasteiger partial charge in [-0.2, -0.15) is 15.1 Å². The summed E-state index contributed by atoms with van der Waals surface area (Å²) in [6.45, 7) is 8.01. The summed E-state index contributed by atoms with van der Waals surface area (Å²) in [5.74, 6) is 1.36. The second-order valence-corrected chi connectivity index (χ2v) is 9.70. The highest BCUT2D eigenvalue weighted by Crippen LogP contribution is 2.36. The summed E-state index contributed by atoms with van der Waals surface area (Å²) >= 11 is 0. The maximum Gasteiger partial charge on any atom is 0.320 e. The number of ether oxygens (including phenoxy) is 2. The van der Waals surface area contributed by atoms with E-state index >= 15 is 4.39 Å². The van der Waals surface area contributed by atoms with Crippen LogP contribution in [0.15, 0.2) is 24.4 Å². The van der Waals surface area contributed by atoms with Gasteiger partial charge in [0, 0.05) is 30.5 Å². The molecule has 5 heterocycles. The molecule has 180 valence electrons. The first-order valence-electron chi connectivity index (χ1n) is 12.2. The second-order valence-electron chi connectivity index (χ2n) is 9.70. The lowest BCUT2D eigenvalue weighted by molar-refractivity contribution is 0.0988. The number of rotatable bonds is 5. The van der Waals surface area contributed by atoms with Crippen molar-refractivity contribution in [2.75, 3.05) is 44.8 Å². The molecule has 3 fully saturated rings. The van der Waals surface area contributed by atoms with E-state index in [1.807, 2.05) is 16.9 Å². The van der Waals surface area contributed by atoms with Crippen molar-refractivity contribution in [3.63, 3.8) is 0 Å². The largest absolute Gasteiger partial charge is 0.467 e. The zero-order chi connectivity index (χ0) is 23.4. The molecule has 4 atom stereocenters. The first-order valence-corrected chi connectivity index (χ1v) is 12.2. The Morgan fingerprint density at radius 3 is 2.74 bits per heavy atom. The van der Waals surface area contributed by atoms with Gasteiger partial charge in [0.1, 0.15) is 12.0 Å². The lowest BCUT2D eigenvalue weighted by atomic mass is 9.85. The van der Waals surface area contributed by atoms with Crippen LogP contribution in [-0.2, 0) is 4.74 Å². The number of hydrogen-bond donors (Lipinski definition) is 0. The van der Waals surface area contributed by atoms with Gasteiger partial charge in [-0.1, -0.05) is 6.92 Å². The minimum atomic E-state index is -0.875. The molecule has 2 aromatic heterocycles. The lowest BCUT2D eigenvalue weighted by Crippen LogP contribution is -2.40. The van der Waals surface area contributed by atoms with E-state index in [1.54, 1.807) is 7.11 Å². The van der Waals surface area contributed by atoms with E-state index in [-0.39, 0.29) is 12.0 Å². The third kappa shape index (κ3) is 3.62. The van der Waals surface area contributed by atoms with Gasteiger partial charge in [0.05, 0.1) is 37.6 Å². The van der Waals surface area contributed by atoms with Crippen molar-refractivity contribution in [2.24, 2.45) is 0 Å². The molecule has 3 saturated heterocycles. The Morgan fingerprint density at radius 1 is 1.18 bits per heavy atom. The molecular formula is C25H31FN6O2. The van der Waals surface area contributed by atoms with Gasteiger partial charge in [-0.15, -0.1) is 0 Å². The molecule has 0 saturated carbocycles. The number of hydrogen-bond acceptors (Lipinski definition) is 7. The van der Waals surface area contributed by atoms with Crippen LogP contribution in [0.5, 0.6) is 6.01 Å². The molecule has 2 bridgehead atoms. The molecule has 3 aromatic rings. The summed E-state index contributed by atoms with van der Waals surface area (Å²) in [4.78, 5) is 13.7. The van der Waals surface area contributed by atoms with Crippen LogP contribution in [0.2, 0.25) is 0 Å². The SMILES string of the molecule is CCN1CCC(c2cc3c(cnn3-c3cc(N4C[C@H]5C[C@@H]4CO5)nc(OC)n3)cc2C)C(F)C1. The molecule has 0 aliphatic carbocycles. The van der Waals surface area contributed by atoms with Gasteiger partial charge in [-0.25, -0.2) is 9.07 Å². The zero-order valence-electron chi connectivity index (χ0n) is 19.9. The smallest absolute Gasteiger partial charge is 0.320 e. The Morgan fingerprint density at radius 2 is 2.03 bits per heavy atom. The average molecular weight is 467 g/mol. The Balaban J connectivity index is 1.40. The van der Waals surface area contributed by atoms with Crippen LogP contribution >= 0.6 is 0 Å². The number of anilines is 1. The minimum Gasteiger partial charge on any atom is -0.467 e. The van der Waals surface area contributed by atoms with Crippen molar-refractivity contribution < 1.29 is 13.9 Å². The van der Waals surface area contributed by atoms with Gasteiger partial charge in [-0.05, 0) is 56.1 Å². The molecule has 0 N–H and O–H groups in total. The highest BCUT2D eigenvalue weighted by atomic mass is 19.1. The summed E-state index contributed by atoms with van der Waals surface area (Å²) in [5.41, 5.74) is 3.09. The molecule has 8 nitrogen and oxygen atoms in total. The van der Waals surface area contributed by atoms with E-state index in [9.17, 15) is 0 Å². The normalized spacial score (nSPS) is 27.1. The summed E-state index contributed by atoms with van der Waals surface area (Å²) < 4.78 is 28.2. The Kier molecular flexibility index (Phi) is 5.41. The van der Waals surface area contributed by atoms with Crippen LogP contribution < -0.4 is 9.64 Å². The topological polar surface area (TPSA) is 68.5 Å². The van der Waals surface area contributed by atoms with E-state index < -0.39 is 6.17 Å². The summed E-state index contributed by atoms with van der Waals surface area (Å²) in [6.07, 6.45) is 3.08. The van der Waals surface area contributed by atoms with Crippen molar-refractivity contribution in [1.82, 2.24) is 24.6 Å². The Hall–Kier alpha value is -2.78. The predicted octanol–water partition coefficient (Wildman–Crippen LogP) is 3.26. The quantitative estimate of drug-likeness (QED) is 0.572. The molecule has 3 aliphatic heterocycles. The molecular weight excluding hydrogens is 435 g/mol. The highest BCUT2D eigenvalue weighted by Gasteiger charge is 2.40. The summed E-state index contributed by atoms with van der Waals surface area (Å²) in [6, 6.07) is 6.83. The standard InChI is InChI=1S/C25H31FN6O2/c1-4-30-6-5-19(21(26)13-30)20-9-22-16(7-15(20)2)11-27-32(22)24-10-23(28-25(29-24)33-3)31-12-18-8-17(31)14-34-18/h7,9-11,17-19,21H,4-6,8,12-14H2,1-3H3/t17-,18-,19?,21?/m1/s1. The van der Waals surface area contributed by atoms with Crippen molar-refractivity contribution in [2.45, 2.75) is 50.9 Å². The molecule has 34 heavy (non-hydrogen) atoms. The molecule has 1 aromatic carbocycles. The third-order valence-corrected chi connectivity index (χ3v) is 7.70. The van der Waals surface area contributed by atoms with Crippen LogP contribution in [0.3, 0.4) is 0 Å². The molecule has 9 heteroatoms. The Bertz CT molecular complexity index is 1220. The molecule has 6 rings (SSSR count). The number of morpholine rings is 1. The number of alkyl halides is 1. The van der Waals surface area contributed by atoms with Crippen LogP contribution in [0.4, 0.5) is 10.2 Å². The first kappa shape index (κ1) is 21.7. The fraction of sp³-hybridized carbons (Fsp3) is 0.560. The number of piperidine rings is 1. The summed E-state index contributed by atoms with van der Waals surface area (Å²) in [7, 11) is 1.58. The molecule has 0 amide bonds. The lowest BCUT2D eigenvalue weighted by Gasteiger charge is -2.35. The number of nitrogens with zero attached hydrogens (tertiary/aromatic N) is 6. The summed E-state index contributed by atoms with van der Waals surface area (Å²) in [5, 5.41) is 5.66. The highest BCUT2D eigenvalue weighted by molar-refractivity contribution is 5.82. The number of halogens is 1. The van der Waals surface area contributed by atoms with Crippen molar-refractivity contribution >= 4 is 16.7 Å². The maximum absolute atomic E-state index is 15.2. The van der Waals surface area contributed by atoms with Gasteiger partial charge in [0.15, 0.2) is 5.82 Å². The molecule has 0 spiro atoms. The number of benzene rings is 1. The Labute approximate surface area is 198 Å².